The Morgan fingerprint density at radius 3 is 2.38 bits per heavy atom. The van der Waals surface area contributed by atoms with E-state index in [2.05, 4.69) is 31.2 Å². The molecule has 74 valence electrons. The van der Waals surface area contributed by atoms with Gasteiger partial charge in [0.25, 0.3) is 0 Å². The van der Waals surface area contributed by atoms with Gasteiger partial charge in [0.15, 0.2) is 0 Å². The third-order valence-electron chi connectivity index (χ3n) is 1.88. The third-order valence-corrected chi connectivity index (χ3v) is 1.88. The van der Waals surface area contributed by atoms with Crippen molar-refractivity contribution in [2.75, 3.05) is 13.7 Å². The molecule has 1 aromatic carbocycles. The van der Waals surface area contributed by atoms with Crippen molar-refractivity contribution in [1.29, 1.82) is 0 Å². The number of methoxy groups -OCH3 is 1. The van der Waals surface area contributed by atoms with Gasteiger partial charge in [0.1, 0.15) is 0 Å². The van der Waals surface area contributed by atoms with E-state index in [4.69, 9.17) is 4.74 Å². The standard InChI is InChI=1S/C11H16O.H3N/c1-10(9-12-2)8-11-6-4-3-5-7-11;/h3-7,10H,8-9H2,1-2H3;1H3. The number of hydrogen-bond acceptors (Lipinski definition) is 2. The van der Waals surface area contributed by atoms with Crippen LogP contribution in [0.2, 0.25) is 0 Å². The summed E-state index contributed by atoms with van der Waals surface area (Å²) in [6.45, 7) is 3.05. The van der Waals surface area contributed by atoms with Crippen molar-refractivity contribution in [1.82, 2.24) is 6.15 Å². The van der Waals surface area contributed by atoms with Crippen LogP contribution in [-0.4, -0.2) is 13.7 Å². The monoisotopic (exact) mass is 181 g/mol. The van der Waals surface area contributed by atoms with Gasteiger partial charge in [-0.15, -0.1) is 0 Å². The molecule has 0 aromatic heterocycles. The fourth-order valence-corrected chi connectivity index (χ4v) is 1.36. The molecule has 0 heterocycles. The summed E-state index contributed by atoms with van der Waals surface area (Å²) in [5.41, 5.74) is 1.39. The van der Waals surface area contributed by atoms with Gasteiger partial charge in [0.2, 0.25) is 0 Å². The number of ether oxygens (including phenoxy) is 1. The third kappa shape index (κ3) is 4.65. The van der Waals surface area contributed by atoms with Gasteiger partial charge in [-0.2, -0.15) is 0 Å². The Morgan fingerprint density at radius 1 is 1.23 bits per heavy atom. The maximum atomic E-state index is 5.08. The van der Waals surface area contributed by atoms with Crippen LogP contribution in [0.15, 0.2) is 30.3 Å². The van der Waals surface area contributed by atoms with E-state index >= 15 is 0 Å². The van der Waals surface area contributed by atoms with Gasteiger partial charge in [0, 0.05) is 13.7 Å². The van der Waals surface area contributed by atoms with E-state index in [1.165, 1.54) is 5.56 Å². The van der Waals surface area contributed by atoms with Gasteiger partial charge in [-0.25, -0.2) is 0 Å². The minimum Gasteiger partial charge on any atom is -0.384 e. The van der Waals surface area contributed by atoms with E-state index in [1.54, 1.807) is 7.11 Å². The van der Waals surface area contributed by atoms with E-state index < -0.39 is 0 Å². The Morgan fingerprint density at radius 2 is 1.85 bits per heavy atom. The molecule has 0 saturated heterocycles. The fraction of sp³-hybridized carbons (Fsp3) is 0.455. The minimum absolute atomic E-state index is 0. The summed E-state index contributed by atoms with van der Waals surface area (Å²) in [6.07, 6.45) is 1.11. The quantitative estimate of drug-likeness (QED) is 0.776. The fourth-order valence-electron chi connectivity index (χ4n) is 1.36. The molecular formula is C11H19NO. The molecule has 3 N–H and O–H groups in total. The highest BCUT2D eigenvalue weighted by Crippen LogP contribution is 2.07. The van der Waals surface area contributed by atoms with E-state index in [1.807, 2.05) is 6.07 Å². The Labute approximate surface area is 80.5 Å². The second kappa shape index (κ2) is 6.63. The van der Waals surface area contributed by atoms with Gasteiger partial charge in [-0.1, -0.05) is 37.3 Å². The first-order chi connectivity index (χ1) is 5.83. The average molecular weight is 181 g/mol. The van der Waals surface area contributed by atoms with Crippen LogP contribution in [0, 0.1) is 5.92 Å². The van der Waals surface area contributed by atoms with Gasteiger partial charge >= 0.3 is 0 Å². The van der Waals surface area contributed by atoms with Crippen molar-refractivity contribution in [2.45, 2.75) is 13.3 Å². The van der Waals surface area contributed by atoms with Crippen molar-refractivity contribution in [2.24, 2.45) is 5.92 Å². The van der Waals surface area contributed by atoms with Gasteiger partial charge in [0.05, 0.1) is 0 Å². The molecule has 0 radical (unpaired) electrons. The molecule has 0 amide bonds. The summed E-state index contributed by atoms with van der Waals surface area (Å²) in [4.78, 5) is 0. The SMILES string of the molecule is COCC(C)Cc1ccccc1.N. The Balaban J connectivity index is 0.00000144. The topological polar surface area (TPSA) is 44.2 Å². The molecule has 1 rings (SSSR count). The van der Waals surface area contributed by atoms with Crippen LogP contribution < -0.4 is 6.15 Å². The van der Waals surface area contributed by atoms with Gasteiger partial charge in [-0.05, 0) is 17.9 Å². The molecule has 0 saturated carbocycles. The van der Waals surface area contributed by atoms with Crippen LogP contribution >= 0.6 is 0 Å². The largest absolute Gasteiger partial charge is 0.384 e. The predicted octanol–water partition coefficient (Wildman–Crippen LogP) is 2.67. The van der Waals surface area contributed by atoms with Crippen LogP contribution in [0.5, 0.6) is 0 Å². The number of rotatable bonds is 4. The van der Waals surface area contributed by atoms with Crippen molar-refractivity contribution in [3.05, 3.63) is 35.9 Å². The maximum absolute atomic E-state index is 5.08. The smallest absolute Gasteiger partial charge is 0.0491 e. The summed E-state index contributed by atoms with van der Waals surface area (Å²) in [7, 11) is 1.75. The molecule has 2 heteroatoms. The van der Waals surface area contributed by atoms with E-state index in [-0.39, 0.29) is 6.15 Å². The van der Waals surface area contributed by atoms with Crippen molar-refractivity contribution in [3.8, 4) is 0 Å². The Bertz CT molecular complexity index is 211. The zero-order valence-electron chi connectivity index (χ0n) is 8.49. The lowest BCUT2D eigenvalue weighted by Crippen LogP contribution is -2.06. The second-order valence-electron chi connectivity index (χ2n) is 3.25. The summed E-state index contributed by atoms with van der Waals surface area (Å²) < 4.78 is 5.08. The lowest BCUT2D eigenvalue weighted by Gasteiger charge is -2.09. The molecular weight excluding hydrogens is 162 g/mol. The van der Waals surface area contributed by atoms with Gasteiger partial charge in [-0.3, -0.25) is 0 Å². The zero-order chi connectivity index (χ0) is 8.81. The van der Waals surface area contributed by atoms with Crippen LogP contribution in [0.3, 0.4) is 0 Å². The average Bonchev–Trinajstić information content (AvgIpc) is 2.06. The van der Waals surface area contributed by atoms with E-state index in [0.29, 0.717) is 5.92 Å². The second-order valence-corrected chi connectivity index (χ2v) is 3.25. The normalized spacial score (nSPS) is 11.8. The molecule has 0 spiro atoms. The first-order valence-corrected chi connectivity index (χ1v) is 4.36. The highest BCUT2D eigenvalue weighted by atomic mass is 16.5. The van der Waals surface area contributed by atoms with Gasteiger partial charge < -0.3 is 10.9 Å². The minimum atomic E-state index is 0. The molecule has 13 heavy (non-hydrogen) atoms. The van der Waals surface area contributed by atoms with Crippen molar-refractivity contribution < 1.29 is 4.74 Å². The molecule has 1 unspecified atom stereocenters. The van der Waals surface area contributed by atoms with E-state index in [0.717, 1.165) is 13.0 Å². The summed E-state index contributed by atoms with van der Waals surface area (Å²) in [5.74, 6) is 0.609. The zero-order valence-corrected chi connectivity index (χ0v) is 8.49. The van der Waals surface area contributed by atoms with Crippen molar-refractivity contribution >= 4 is 0 Å². The molecule has 0 fully saturated rings. The number of benzene rings is 1. The highest BCUT2D eigenvalue weighted by molar-refractivity contribution is 5.14. The van der Waals surface area contributed by atoms with E-state index in [9.17, 15) is 0 Å². The number of hydrogen-bond donors (Lipinski definition) is 1. The van der Waals surface area contributed by atoms with Crippen LogP contribution in [0.25, 0.3) is 0 Å². The first-order valence-electron chi connectivity index (χ1n) is 4.36. The summed E-state index contributed by atoms with van der Waals surface area (Å²) >= 11 is 0. The Hall–Kier alpha value is -0.860. The molecule has 0 bridgehead atoms. The van der Waals surface area contributed by atoms with Crippen molar-refractivity contribution in [3.63, 3.8) is 0 Å². The van der Waals surface area contributed by atoms with Crippen LogP contribution in [0.4, 0.5) is 0 Å². The predicted molar refractivity (Wildman–Crippen MR) is 56.2 cm³/mol. The maximum Gasteiger partial charge on any atom is 0.0491 e. The lowest BCUT2D eigenvalue weighted by atomic mass is 10.0. The molecule has 0 aliphatic rings. The first kappa shape index (κ1) is 12.1. The molecule has 1 aromatic rings. The lowest BCUT2D eigenvalue weighted by molar-refractivity contribution is 0.159. The molecule has 0 aliphatic carbocycles. The summed E-state index contributed by atoms with van der Waals surface area (Å²) in [5, 5.41) is 0. The summed E-state index contributed by atoms with van der Waals surface area (Å²) in [6, 6.07) is 10.5. The van der Waals surface area contributed by atoms with Crippen LogP contribution in [-0.2, 0) is 11.2 Å². The Kier molecular flexibility index (Phi) is 6.20. The molecule has 0 aliphatic heterocycles. The van der Waals surface area contributed by atoms with Crippen LogP contribution in [0.1, 0.15) is 12.5 Å². The molecule has 1 atom stereocenters. The highest BCUT2D eigenvalue weighted by Gasteiger charge is 2.01. The molecule has 2 nitrogen and oxygen atoms in total.